The third-order valence-corrected chi connectivity index (χ3v) is 4.18. The third-order valence-electron chi connectivity index (χ3n) is 4.18. The van der Waals surface area contributed by atoms with Gasteiger partial charge in [-0.15, -0.1) is 0 Å². The number of rotatable bonds is 1. The number of benzene rings is 1. The Hall–Kier alpha value is -2.48. The summed E-state index contributed by atoms with van der Waals surface area (Å²) in [6.45, 7) is 1.69. The largest absolute Gasteiger partial charge is 0.361 e. The summed E-state index contributed by atoms with van der Waals surface area (Å²) in [6, 6.07) is 5.58. The molecule has 2 aliphatic rings. The maximum atomic E-state index is 14.2. The first-order valence-corrected chi connectivity index (χ1v) is 7.12. The maximum Gasteiger partial charge on any atom is 0.161 e. The van der Waals surface area contributed by atoms with Crippen LogP contribution in [0.3, 0.4) is 0 Å². The lowest BCUT2D eigenvalue weighted by atomic mass is 9.75. The topological polar surface area (TPSA) is 52.9 Å². The molecule has 0 fully saturated rings. The van der Waals surface area contributed by atoms with E-state index in [1.54, 1.807) is 6.92 Å². The molecule has 0 saturated heterocycles. The van der Waals surface area contributed by atoms with E-state index >= 15 is 0 Å². The molecule has 1 unspecified atom stereocenters. The molecule has 1 heterocycles. The van der Waals surface area contributed by atoms with Crippen LogP contribution < -0.4 is 5.32 Å². The van der Waals surface area contributed by atoms with Gasteiger partial charge in [0.1, 0.15) is 11.6 Å². The summed E-state index contributed by atoms with van der Waals surface area (Å²) in [6.07, 6.45) is 1.68. The third kappa shape index (κ3) is 2.12. The van der Waals surface area contributed by atoms with Gasteiger partial charge in [0.25, 0.3) is 0 Å². The van der Waals surface area contributed by atoms with Crippen molar-refractivity contribution in [3.63, 3.8) is 0 Å². The van der Waals surface area contributed by atoms with Gasteiger partial charge < -0.3 is 5.32 Å². The monoisotopic (exact) mass is 300 g/mol. The highest BCUT2D eigenvalue weighted by Gasteiger charge is 2.38. The van der Waals surface area contributed by atoms with E-state index in [0.717, 1.165) is 12.1 Å². The average Bonchev–Trinajstić information content (AvgIpc) is 2.46. The molecule has 0 saturated carbocycles. The van der Waals surface area contributed by atoms with Crippen molar-refractivity contribution in [1.82, 2.24) is 5.32 Å². The number of nitrogens with zero attached hydrogens (tertiary/aromatic N) is 1. The van der Waals surface area contributed by atoms with Crippen LogP contribution in [0.15, 0.2) is 40.7 Å². The Morgan fingerprint density at radius 3 is 2.59 bits per heavy atom. The maximum absolute atomic E-state index is 14.2. The fourth-order valence-corrected chi connectivity index (χ4v) is 3.21. The molecule has 0 amide bonds. The highest BCUT2D eigenvalue weighted by Crippen LogP contribution is 2.43. The Morgan fingerprint density at radius 1 is 1.27 bits per heavy atom. The van der Waals surface area contributed by atoms with Gasteiger partial charge in [-0.3, -0.25) is 4.79 Å². The fourth-order valence-electron chi connectivity index (χ4n) is 3.21. The number of allylic oxidation sites excluding steroid dienone is 4. The average molecular weight is 300 g/mol. The van der Waals surface area contributed by atoms with Crippen molar-refractivity contribution >= 4 is 5.78 Å². The van der Waals surface area contributed by atoms with Gasteiger partial charge in [0.15, 0.2) is 5.78 Å². The minimum atomic E-state index is -0.963. The fraction of sp³-hybridized carbons (Fsp3) is 0.294. The first-order valence-electron chi connectivity index (χ1n) is 7.12. The molecular weight excluding hydrogens is 286 g/mol. The van der Waals surface area contributed by atoms with Crippen LogP contribution in [0, 0.1) is 23.0 Å². The van der Waals surface area contributed by atoms with Gasteiger partial charge in [0.2, 0.25) is 0 Å². The van der Waals surface area contributed by atoms with E-state index < -0.39 is 17.6 Å². The molecule has 0 spiro atoms. The number of hydrogen-bond acceptors (Lipinski definition) is 3. The standard InChI is InChI=1S/C17H14F2N2O/c1-9-10(8-20)15(16-11(18)4-2-5-12(16)19)17-13(21-9)6-3-7-14(17)22/h2,4-5,15,21H,3,6-7H2,1H3. The Morgan fingerprint density at radius 2 is 1.95 bits per heavy atom. The molecule has 5 heteroatoms. The number of hydrogen-bond donors (Lipinski definition) is 1. The van der Waals surface area contributed by atoms with E-state index in [2.05, 4.69) is 5.32 Å². The SMILES string of the molecule is CC1=C(C#N)C(c2c(F)cccc2F)C2=C(CCCC2=O)N1. The molecule has 1 aromatic rings. The van der Waals surface area contributed by atoms with Gasteiger partial charge >= 0.3 is 0 Å². The highest BCUT2D eigenvalue weighted by atomic mass is 19.1. The molecule has 22 heavy (non-hydrogen) atoms. The van der Waals surface area contributed by atoms with E-state index in [4.69, 9.17) is 0 Å². The normalized spacial score (nSPS) is 21.4. The van der Waals surface area contributed by atoms with Gasteiger partial charge in [-0.05, 0) is 31.9 Å². The van der Waals surface area contributed by atoms with Crippen LogP contribution in [0.5, 0.6) is 0 Å². The van der Waals surface area contributed by atoms with Gasteiger partial charge in [-0.1, -0.05) is 6.07 Å². The quantitative estimate of drug-likeness (QED) is 0.864. The molecule has 3 nitrogen and oxygen atoms in total. The predicted molar refractivity (Wildman–Crippen MR) is 76.4 cm³/mol. The number of carbonyl (C=O) groups is 1. The number of nitriles is 1. The molecule has 1 atom stereocenters. The van der Waals surface area contributed by atoms with E-state index in [1.807, 2.05) is 6.07 Å². The van der Waals surface area contributed by atoms with E-state index in [-0.39, 0.29) is 16.9 Å². The van der Waals surface area contributed by atoms with Crippen molar-refractivity contribution in [2.45, 2.75) is 32.1 Å². The summed E-state index contributed by atoms with van der Waals surface area (Å²) < 4.78 is 28.5. The lowest BCUT2D eigenvalue weighted by molar-refractivity contribution is -0.116. The van der Waals surface area contributed by atoms with Gasteiger partial charge in [0, 0.05) is 29.0 Å². The van der Waals surface area contributed by atoms with Crippen molar-refractivity contribution in [1.29, 1.82) is 5.26 Å². The van der Waals surface area contributed by atoms with E-state index in [0.29, 0.717) is 36.2 Å². The van der Waals surface area contributed by atoms with E-state index in [9.17, 15) is 18.8 Å². The van der Waals surface area contributed by atoms with Crippen molar-refractivity contribution in [2.75, 3.05) is 0 Å². The smallest absolute Gasteiger partial charge is 0.161 e. The first-order chi connectivity index (χ1) is 10.5. The second-order valence-corrected chi connectivity index (χ2v) is 5.51. The second kappa shape index (κ2) is 5.38. The number of carbonyl (C=O) groups excluding carboxylic acids is 1. The summed E-state index contributed by atoms with van der Waals surface area (Å²) in [5, 5.41) is 12.5. The Kier molecular flexibility index (Phi) is 3.53. The number of ketones is 1. The highest BCUT2D eigenvalue weighted by molar-refractivity contribution is 5.99. The molecule has 1 aliphatic carbocycles. The van der Waals surface area contributed by atoms with Gasteiger partial charge in [-0.2, -0.15) is 5.26 Å². The summed E-state index contributed by atoms with van der Waals surface area (Å²) in [4.78, 5) is 12.3. The molecule has 1 aromatic carbocycles. The molecule has 0 bridgehead atoms. The summed E-state index contributed by atoms with van der Waals surface area (Å²) in [5.41, 5.74) is 1.53. The van der Waals surface area contributed by atoms with Crippen LogP contribution in [0.1, 0.15) is 37.7 Å². The lowest BCUT2D eigenvalue weighted by Crippen LogP contribution is -2.32. The van der Waals surface area contributed by atoms with Crippen molar-refractivity contribution < 1.29 is 13.6 Å². The Labute approximate surface area is 126 Å². The van der Waals surface area contributed by atoms with Crippen molar-refractivity contribution in [3.05, 3.63) is 57.9 Å². The number of dihydropyridines is 1. The zero-order valence-corrected chi connectivity index (χ0v) is 12.0. The molecule has 1 N–H and O–H groups in total. The lowest BCUT2D eigenvalue weighted by Gasteiger charge is -2.32. The molecule has 3 rings (SSSR count). The summed E-state index contributed by atoms with van der Waals surface area (Å²) in [7, 11) is 0. The van der Waals surface area contributed by atoms with Crippen LogP contribution in [0.25, 0.3) is 0 Å². The van der Waals surface area contributed by atoms with Crippen LogP contribution in [0.2, 0.25) is 0 Å². The molecule has 0 aromatic heterocycles. The number of nitrogens with one attached hydrogen (secondary N) is 1. The van der Waals surface area contributed by atoms with Crippen LogP contribution >= 0.6 is 0 Å². The minimum absolute atomic E-state index is 0.151. The number of Topliss-reactive ketones (excluding diaryl/α,β-unsaturated/α-hetero) is 1. The second-order valence-electron chi connectivity index (χ2n) is 5.51. The van der Waals surface area contributed by atoms with Crippen molar-refractivity contribution in [3.8, 4) is 6.07 Å². The Bertz CT molecular complexity index is 751. The van der Waals surface area contributed by atoms with Crippen molar-refractivity contribution in [2.24, 2.45) is 0 Å². The number of halogens is 2. The molecule has 112 valence electrons. The van der Waals surface area contributed by atoms with Crippen LogP contribution in [-0.2, 0) is 4.79 Å². The van der Waals surface area contributed by atoms with Gasteiger partial charge in [0.05, 0.1) is 17.6 Å². The summed E-state index contributed by atoms with van der Waals surface area (Å²) >= 11 is 0. The molecule has 1 aliphatic heterocycles. The van der Waals surface area contributed by atoms with E-state index in [1.165, 1.54) is 6.07 Å². The zero-order chi connectivity index (χ0) is 15.9. The first kappa shape index (κ1) is 14.5. The Balaban J connectivity index is 2.28. The zero-order valence-electron chi connectivity index (χ0n) is 12.0. The summed E-state index contributed by atoms with van der Waals surface area (Å²) in [5.74, 6) is -2.59. The van der Waals surface area contributed by atoms with Gasteiger partial charge in [-0.25, -0.2) is 8.78 Å². The van der Waals surface area contributed by atoms with Crippen LogP contribution in [0.4, 0.5) is 8.78 Å². The predicted octanol–water partition coefficient (Wildman–Crippen LogP) is 3.46. The minimum Gasteiger partial charge on any atom is -0.361 e. The molecular formula is C17H14F2N2O. The molecule has 0 radical (unpaired) electrons. The van der Waals surface area contributed by atoms with Crippen LogP contribution in [-0.4, -0.2) is 5.78 Å².